The molecule has 0 amide bonds. The molecule has 8 heteroatoms. The van der Waals surface area contributed by atoms with Crippen molar-refractivity contribution in [1.82, 2.24) is 0 Å². The van der Waals surface area contributed by atoms with E-state index in [1.54, 1.807) is 0 Å². The average molecular weight is 616 g/mol. The number of hydrogen-bond donors (Lipinski definition) is 1. The third-order valence-corrected chi connectivity index (χ3v) is 4.58. The Balaban J connectivity index is -0.00000264. The van der Waals surface area contributed by atoms with Crippen LogP contribution in [0.15, 0.2) is 0 Å². The number of carbonyl (C=O) groups excluding carboxylic acids is 1. The van der Waals surface area contributed by atoms with E-state index in [1.165, 1.54) is 70.6 Å². The van der Waals surface area contributed by atoms with Crippen LogP contribution in [0.4, 0.5) is 0 Å². The van der Waals surface area contributed by atoms with Gasteiger partial charge in [-0.05, 0) is 6.42 Å². The van der Waals surface area contributed by atoms with Crippen molar-refractivity contribution in [2.45, 2.75) is 110 Å². The molecule has 0 aromatic heterocycles. The molecule has 0 aromatic rings. The molecule has 0 aliphatic heterocycles. The molecule has 0 saturated heterocycles. The van der Waals surface area contributed by atoms with E-state index in [0.29, 0.717) is 6.42 Å². The molecule has 0 aromatic carbocycles. The summed E-state index contributed by atoms with van der Waals surface area (Å²) in [5, 5.41) is 0. The van der Waals surface area contributed by atoms with Gasteiger partial charge in [0, 0.05) is 6.42 Å². The van der Waals surface area contributed by atoms with Gasteiger partial charge in [0.1, 0.15) is 0 Å². The van der Waals surface area contributed by atoms with Gasteiger partial charge in [-0.15, -0.1) is 0 Å². The van der Waals surface area contributed by atoms with Crippen LogP contribution < -0.4 is 0 Å². The van der Waals surface area contributed by atoms with Gasteiger partial charge in [0.15, 0.2) is 0 Å². The van der Waals surface area contributed by atoms with Crippen molar-refractivity contribution in [3.8, 4) is 0 Å². The third kappa shape index (κ3) is 27.8. The molecule has 154 valence electrons. The zero-order chi connectivity index (χ0) is 18.1. The third-order valence-electron chi connectivity index (χ3n) is 4.18. The van der Waals surface area contributed by atoms with Gasteiger partial charge in [0.25, 0.3) is 0 Å². The molecule has 2 radical (unpaired) electrons. The number of hydrogen-bond acceptors (Lipinski definition) is 4. The molecule has 26 heavy (non-hydrogen) atoms. The van der Waals surface area contributed by atoms with Crippen LogP contribution in [0.1, 0.15) is 110 Å². The Morgan fingerprint density at radius 3 is 1.35 bits per heavy atom. The summed E-state index contributed by atoms with van der Waals surface area (Å²) in [7, 11) is -4.64. The normalized spacial score (nSPS) is 10.7. The Kier molecular flexibility index (Phi) is 28.3. The van der Waals surface area contributed by atoms with Crippen LogP contribution in [0.2, 0.25) is 0 Å². The SMILES string of the molecule is CCCCCCCCCCCCCCCCCC(=O)OS(=O)(=O)O.[CaH2].[PbH2]. The van der Waals surface area contributed by atoms with Gasteiger partial charge >= 0.3 is 81.4 Å². The van der Waals surface area contributed by atoms with Crippen molar-refractivity contribution >= 4 is 81.4 Å². The second kappa shape index (κ2) is 22.8. The van der Waals surface area contributed by atoms with Gasteiger partial charge in [-0.3, -0.25) is 9.35 Å². The Morgan fingerprint density at radius 1 is 0.731 bits per heavy atom. The first-order valence-corrected chi connectivity index (χ1v) is 11.0. The Bertz CT molecular complexity index is 404. The van der Waals surface area contributed by atoms with Crippen molar-refractivity contribution in [1.29, 1.82) is 0 Å². The van der Waals surface area contributed by atoms with E-state index in [4.69, 9.17) is 4.55 Å². The number of rotatable bonds is 17. The van der Waals surface area contributed by atoms with Crippen molar-refractivity contribution in [2.75, 3.05) is 0 Å². The molecule has 0 aliphatic carbocycles. The Labute approximate surface area is 210 Å². The van der Waals surface area contributed by atoms with Gasteiger partial charge in [-0.2, -0.15) is 8.42 Å². The summed E-state index contributed by atoms with van der Waals surface area (Å²) in [5.74, 6) is -0.882. The van der Waals surface area contributed by atoms with Crippen LogP contribution >= 0.6 is 0 Å². The molecule has 1 N–H and O–H groups in total. The summed E-state index contributed by atoms with van der Waals surface area (Å²) in [6.45, 7) is 2.25. The van der Waals surface area contributed by atoms with Crippen molar-refractivity contribution < 1.29 is 21.9 Å². The molecule has 0 saturated carbocycles. The van der Waals surface area contributed by atoms with Crippen LogP contribution in [-0.4, -0.2) is 84.0 Å². The topological polar surface area (TPSA) is 80.7 Å². The zero-order valence-electron chi connectivity index (χ0n) is 16.0. The maximum absolute atomic E-state index is 11.0. The number of unbranched alkanes of at least 4 members (excludes halogenated alkanes) is 14. The summed E-state index contributed by atoms with van der Waals surface area (Å²) < 4.78 is 32.8. The van der Waals surface area contributed by atoms with Crippen molar-refractivity contribution in [3.63, 3.8) is 0 Å². The van der Waals surface area contributed by atoms with E-state index in [1.807, 2.05) is 0 Å². The predicted molar refractivity (Wildman–Crippen MR) is 114 cm³/mol. The fraction of sp³-hybridized carbons (Fsp3) is 0.944. The quantitative estimate of drug-likeness (QED) is 0.153. The van der Waals surface area contributed by atoms with Crippen molar-refractivity contribution in [2.24, 2.45) is 0 Å². The second-order valence-electron chi connectivity index (χ2n) is 6.58. The molecule has 0 atom stereocenters. The molecule has 0 bridgehead atoms. The van der Waals surface area contributed by atoms with Crippen molar-refractivity contribution in [3.05, 3.63) is 0 Å². The molecule has 0 fully saturated rings. The van der Waals surface area contributed by atoms with Crippen LogP contribution in [-0.2, 0) is 19.4 Å². The fourth-order valence-electron chi connectivity index (χ4n) is 2.80. The molecular weight excluding hydrogens is 576 g/mol. The number of carbonyl (C=O) groups is 1. The van der Waals surface area contributed by atoms with Crippen LogP contribution in [0, 0.1) is 0 Å². The monoisotopic (exact) mass is 616 g/mol. The first-order valence-electron chi connectivity index (χ1n) is 9.65. The maximum atomic E-state index is 11.0. The van der Waals surface area contributed by atoms with E-state index < -0.39 is 16.4 Å². The van der Waals surface area contributed by atoms with E-state index in [2.05, 4.69) is 11.1 Å². The van der Waals surface area contributed by atoms with Gasteiger partial charge in [0.2, 0.25) is 0 Å². The first-order chi connectivity index (χ1) is 11.5. The van der Waals surface area contributed by atoms with Crippen LogP contribution in [0.3, 0.4) is 0 Å². The molecule has 0 spiro atoms. The second-order valence-corrected chi connectivity index (χ2v) is 7.60. The zero-order valence-corrected chi connectivity index (χ0v) is 22.3. The molecular formula is C18H40CaO5PbS. The van der Waals surface area contributed by atoms with Crippen LogP contribution in [0.5, 0.6) is 0 Å². The summed E-state index contributed by atoms with van der Waals surface area (Å²) >= 11 is 0. The van der Waals surface area contributed by atoms with Gasteiger partial charge < -0.3 is 4.18 Å². The predicted octanol–water partition coefficient (Wildman–Crippen LogP) is 3.76. The molecule has 5 nitrogen and oxygen atoms in total. The van der Waals surface area contributed by atoms with E-state index >= 15 is 0 Å². The Morgan fingerprint density at radius 2 is 1.04 bits per heavy atom. The average Bonchev–Trinajstić information content (AvgIpc) is 2.49. The molecule has 0 unspecified atom stereocenters. The summed E-state index contributed by atoms with van der Waals surface area (Å²) in [6.07, 6.45) is 18.5. The molecule has 0 heterocycles. The van der Waals surface area contributed by atoms with E-state index in [9.17, 15) is 13.2 Å². The Hall–Kier alpha value is 1.56. The van der Waals surface area contributed by atoms with Gasteiger partial charge in [-0.25, -0.2) is 0 Å². The minimum atomic E-state index is -4.64. The molecule has 0 rings (SSSR count). The van der Waals surface area contributed by atoms with Gasteiger partial charge in [-0.1, -0.05) is 96.8 Å². The first kappa shape index (κ1) is 32.2. The van der Waals surface area contributed by atoms with E-state index in [0.717, 1.165) is 19.3 Å². The summed E-state index contributed by atoms with van der Waals surface area (Å²) in [5.41, 5.74) is 0. The fourth-order valence-corrected chi connectivity index (χ4v) is 3.12. The summed E-state index contributed by atoms with van der Waals surface area (Å²) in [6, 6.07) is 0. The molecule has 0 aliphatic rings. The minimum absolute atomic E-state index is 0. The van der Waals surface area contributed by atoms with Gasteiger partial charge in [0.05, 0.1) is 0 Å². The van der Waals surface area contributed by atoms with Crippen LogP contribution in [0.25, 0.3) is 0 Å². The standard InChI is InChI=1S/C18H36O5S.Ca.Pb.4H/c1-2-3-4-5-6-7-8-9-10-11-12-13-14-15-16-17-18(19)23-24(20,21)22;;;;;;/h2-17H2,1H3,(H,20,21,22);;;;;;. The van der Waals surface area contributed by atoms with E-state index in [-0.39, 0.29) is 71.5 Å². The summed E-state index contributed by atoms with van der Waals surface area (Å²) in [4.78, 5) is 11.0.